The number of fused-ring (bicyclic) bond motifs is 3. The van der Waals surface area contributed by atoms with Crippen LogP contribution in [0.5, 0.6) is 5.75 Å². The highest BCUT2D eigenvalue weighted by Gasteiger charge is 2.93. The van der Waals surface area contributed by atoms with E-state index in [1.807, 2.05) is 0 Å². The van der Waals surface area contributed by atoms with Crippen LogP contribution in [-0.2, 0) is 5.41 Å². The highest BCUT2D eigenvalue weighted by Crippen LogP contribution is 2.91. The SMILES string of the molecule is CCC(C)n1nc(-c2cnc(N)c(OC(F)(F)F)c2)cc1C12C3CC(N4CC5CC4CN5C)C1C32. The summed E-state index contributed by atoms with van der Waals surface area (Å²) in [6, 6.07) is 5.64. The van der Waals surface area contributed by atoms with E-state index in [4.69, 9.17) is 10.8 Å². The maximum Gasteiger partial charge on any atom is 0.573 e. The molecule has 4 heterocycles. The van der Waals surface area contributed by atoms with Crippen molar-refractivity contribution in [3.63, 3.8) is 0 Å². The summed E-state index contributed by atoms with van der Waals surface area (Å²) in [7, 11) is 2.24. The Hall–Kier alpha value is -2.33. The summed E-state index contributed by atoms with van der Waals surface area (Å²) in [6.07, 6.45) is 0.134. The Kier molecular flexibility index (Phi) is 4.32. The number of halogens is 3. The largest absolute Gasteiger partial charge is 0.573 e. The second-order valence-corrected chi connectivity index (χ2v) is 11.3. The Morgan fingerprint density at radius 1 is 1.20 bits per heavy atom. The number of rotatable bonds is 6. The van der Waals surface area contributed by atoms with E-state index < -0.39 is 12.1 Å². The first kappa shape index (κ1) is 21.9. The Labute approximate surface area is 202 Å². The van der Waals surface area contributed by atoms with E-state index in [0.717, 1.165) is 12.3 Å². The van der Waals surface area contributed by atoms with E-state index in [2.05, 4.69) is 51.2 Å². The average Bonchev–Trinajstić information content (AvgIpc) is 3.26. The van der Waals surface area contributed by atoms with Gasteiger partial charge in [-0.1, -0.05) is 6.92 Å². The van der Waals surface area contributed by atoms with Gasteiger partial charge in [0.15, 0.2) is 11.6 Å². The molecule has 0 aromatic carbocycles. The summed E-state index contributed by atoms with van der Waals surface area (Å²) in [6.45, 7) is 6.66. The van der Waals surface area contributed by atoms with Crippen LogP contribution in [-0.4, -0.2) is 69.2 Å². The third kappa shape index (κ3) is 2.92. The quantitative estimate of drug-likeness (QED) is 0.669. The number of nitrogens with two attached hydrogens (primary N) is 1. The van der Waals surface area contributed by atoms with Gasteiger partial charge in [0.2, 0.25) is 0 Å². The molecule has 6 aliphatic rings. The van der Waals surface area contributed by atoms with Crippen molar-refractivity contribution in [2.75, 3.05) is 25.9 Å². The number of likely N-dealkylation sites (N-methyl/N-ethyl adjacent to an activating group) is 1. The highest BCUT2D eigenvalue weighted by molar-refractivity contribution is 5.66. The first-order valence-electron chi connectivity index (χ1n) is 12.7. The predicted octanol–water partition coefficient (Wildman–Crippen LogP) is 3.67. The van der Waals surface area contributed by atoms with Crippen LogP contribution in [0.15, 0.2) is 18.3 Å². The molecular formula is C25H31F3N6O. The fraction of sp³-hybridized carbons (Fsp3) is 0.680. The molecule has 8 atom stereocenters. The van der Waals surface area contributed by atoms with Gasteiger partial charge in [-0.15, -0.1) is 13.2 Å². The molecule has 10 heteroatoms. The number of aromatic nitrogens is 3. The number of nitrogen functional groups attached to an aromatic ring is 1. The van der Waals surface area contributed by atoms with Gasteiger partial charge in [0.05, 0.1) is 5.69 Å². The zero-order valence-corrected chi connectivity index (χ0v) is 20.2. The number of hydrogen-bond acceptors (Lipinski definition) is 6. The van der Waals surface area contributed by atoms with Gasteiger partial charge in [-0.3, -0.25) is 9.58 Å². The molecule has 2 aliphatic heterocycles. The second-order valence-electron chi connectivity index (χ2n) is 11.3. The van der Waals surface area contributed by atoms with Crippen molar-refractivity contribution < 1.29 is 17.9 Å². The molecule has 0 amide bonds. The van der Waals surface area contributed by atoms with Gasteiger partial charge in [-0.25, -0.2) is 4.98 Å². The van der Waals surface area contributed by atoms with Crippen LogP contribution in [0.2, 0.25) is 0 Å². The van der Waals surface area contributed by atoms with Crippen molar-refractivity contribution in [3.8, 4) is 17.0 Å². The molecule has 0 radical (unpaired) electrons. The number of ether oxygens (including phenoxy) is 1. The molecule has 8 unspecified atom stereocenters. The molecule has 2 aromatic heterocycles. The summed E-state index contributed by atoms with van der Waals surface area (Å²) >= 11 is 0. The molecule has 7 nitrogen and oxygen atoms in total. The van der Waals surface area contributed by atoms with Gasteiger partial charge in [-0.2, -0.15) is 5.10 Å². The van der Waals surface area contributed by atoms with Gasteiger partial charge in [0, 0.05) is 60.1 Å². The van der Waals surface area contributed by atoms with Crippen LogP contribution in [0.25, 0.3) is 11.3 Å². The van der Waals surface area contributed by atoms with E-state index >= 15 is 0 Å². The molecule has 6 fully saturated rings. The van der Waals surface area contributed by atoms with Crippen molar-refractivity contribution in [2.45, 2.75) is 69.1 Å². The van der Waals surface area contributed by atoms with Gasteiger partial charge < -0.3 is 15.4 Å². The highest BCUT2D eigenvalue weighted by atomic mass is 19.4. The lowest BCUT2D eigenvalue weighted by Crippen LogP contribution is -2.49. The summed E-state index contributed by atoms with van der Waals surface area (Å²) in [4.78, 5) is 9.26. The minimum absolute atomic E-state index is 0.194. The van der Waals surface area contributed by atoms with E-state index in [0.29, 0.717) is 41.2 Å². The Morgan fingerprint density at radius 3 is 2.63 bits per heavy atom. The molecule has 4 saturated carbocycles. The molecule has 35 heavy (non-hydrogen) atoms. The molecule has 2 N–H and O–H groups in total. The zero-order chi connectivity index (χ0) is 24.4. The fourth-order valence-corrected chi connectivity index (χ4v) is 8.01. The van der Waals surface area contributed by atoms with Crippen molar-refractivity contribution >= 4 is 5.82 Å². The lowest BCUT2D eigenvalue weighted by Gasteiger charge is -2.36. The minimum Gasteiger partial charge on any atom is -0.402 e. The third-order valence-electron chi connectivity index (χ3n) is 9.80. The average molecular weight is 489 g/mol. The maximum absolute atomic E-state index is 12.8. The van der Waals surface area contributed by atoms with Crippen molar-refractivity contribution in [1.82, 2.24) is 24.6 Å². The Morgan fingerprint density at radius 2 is 2.00 bits per heavy atom. The summed E-state index contributed by atoms with van der Waals surface area (Å²) in [5.74, 6) is 1.33. The number of pyridine rings is 1. The van der Waals surface area contributed by atoms with Crippen LogP contribution in [0, 0.1) is 17.8 Å². The van der Waals surface area contributed by atoms with Crippen LogP contribution in [0.1, 0.15) is 44.8 Å². The first-order valence-corrected chi connectivity index (χ1v) is 12.7. The number of likely N-dealkylation sites (tertiary alicyclic amines) is 2. The number of piperazine rings is 1. The third-order valence-corrected chi connectivity index (χ3v) is 9.80. The zero-order valence-electron chi connectivity index (χ0n) is 20.2. The van der Waals surface area contributed by atoms with Crippen LogP contribution < -0.4 is 10.5 Å². The first-order chi connectivity index (χ1) is 16.6. The van der Waals surface area contributed by atoms with Gasteiger partial charge in [-0.05, 0) is 63.1 Å². The Bertz CT molecular complexity index is 1190. The van der Waals surface area contributed by atoms with E-state index in [1.165, 1.54) is 43.9 Å². The maximum atomic E-state index is 12.8. The summed E-state index contributed by atoms with van der Waals surface area (Å²) < 4.78 is 44.8. The second kappa shape index (κ2) is 6.91. The standard InChI is InChI=1S/C25H31F3N6O/c1-4-12(2)34-20(8-17(31-34)13-5-19(23(29)30-9-13)35-25(26,27)28)24-16-7-18(22(24)21(16)24)33-11-14-6-15(33)10-32(14)3/h5,8-9,12,14-16,18,21-22H,4,6-7,10-11H2,1-3H3,(H2,29,30). The van der Waals surface area contributed by atoms with Crippen molar-refractivity contribution in [3.05, 3.63) is 24.0 Å². The van der Waals surface area contributed by atoms with Gasteiger partial charge in [0.25, 0.3) is 0 Å². The molecular weight excluding hydrogens is 457 g/mol. The number of hydrogen-bond donors (Lipinski definition) is 1. The van der Waals surface area contributed by atoms with Crippen molar-refractivity contribution in [1.29, 1.82) is 0 Å². The van der Waals surface area contributed by atoms with Gasteiger partial charge >= 0.3 is 6.36 Å². The molecule has 0 spiro atoms. The van der Waals surface area contributed by atoms with Crippen molar-refractivity contribution in [2.24, 2.45) is 17.8 Å². The van der Waals surface area contributed by atoms with Crippen LogP contribution >= 0.6 is 0 Å². The smallest absolute Gasteiger partial charge is 0.402 e. The van der Waals surface area contributed by atoms with Crippen LogP contribution in [0.4, 0.5) is 19.0 Å². The van der Waals surface area contributed by atoms with E-state index in [-0.39, 0.29) is 17.3 Å². The molecule has 4 bridgehead atoms. The number of alkyl halides is 3. The van der Waals surface area contributed by atoms with E-state index in [1.54, 1.807) is 0 Å². The molecule has 2 aromatic rings. The molecule has 8 rings (SSSR count). The molecule has 188 valence electrons. The number of anilines is 1. The topological polar surface area (TPSA) is 72.4 Å². The van der Waals surface area contributed by atoms with Gasteiger partial charge in [0.1, 0.15) is 0 Å². The lowest BCUT2D eigenvalue weighted by molar-refractivity contribution is -0.274. The molecule has 2 saturated heterocycles. The number of nitrogens with zero attached hydrogens (tertiary/aromatic N) is 5. The Balaban J connectivity index is 1.21. The van der Waals surface area contributed by atoms with Crippen LogP contribution in [0.3, 0.4) is 0 Å². The predicted molar refractivity (Wildman–Crippen MR) is 124 cm³/mol. The fourth-order valence-electron chi connectivity index (χ4n) is 8.01. The lowest BCUT2D eigenvalue weighted by atomic mass is 9.99. The van der Waals surface area contributed by atoms with E-state index in [9.17, 15) is 13.2 Å². The summed E-state index contributed by atoms with van der Waals surface area (Å²) in [5.41, 5.74) is 8.21. The monoisotopic (exact) mass is 488 g/mol. The minimum atomic E-state index is -4.83. The molecule has 4 aliphatic carbocycles. The summed E-state index contributed by atoms with van der Waals surface area (Å²) in [5, 5.41) is 4.90. The normalized spacial score (nSPS) is 38.1.